The van der Waals surface area contributed by atoms with E-state index >= 15 is 0 Å². The van der Waals surface area contributed by atoms with Crippen molar-refractivity contribution in [1.29, 1.82) is 0 Å². The van der Waals surface area contributed by atoms with Gasteiger partial charge in [-0.2, -0.15) is 0 Å². The number of aryl methyl sites for hydroxylation is 1. The summed E-state index contributed by atoms with van der Waals surface area (Å²) < 4.78 is 5.49. The lowest BCUT2D eigenvalue weighted by Gasteiger charge is -2.08. The Morgan fingerprint density at radius 2 is 2.06 bits per heavy atom. The fraction of sp³-hybridized carbons (Fsp3) is 0.357. The van der Waals surface area contributed by atoms with Gasteiger partial charge in [0.2, 0.25) is 0 Å². The molecule has 0 unspecified atom stereocenters. The van der Waals surface area contributed by atoms with Crippen molar-refractivity contribution in [3.63, 3.8) is 0 Å². The minimum atomic E-state index is 0.642. The Morgan fingerprint density at radius 1 is 1.24 bits per heavy atom. The summed E-state index contributed by atoms with van der Waals surface area (Å²) in [6.07, 6.45) is 2.04. The molecule has 0 aliphatic carbocycles. The van der Waals surface area contributed by atoms with Crippen LogP contribution >= 0.6 is 0 Å². The smallest absolute Gasteiger partial charge is 0.127 e. The third-order valence-electron chi connectivity index (χ3n) is 2.73. The highest BCUT2D eigenvalue weighted by molar-refractivity contribution is 5.82. The highest BCUT2D eigenvalue weighted by Gasteiger charge is 2.04. The van der Waals surface area contributed by atoms with Crippen LogP contribution in [0.25, 0.3) is 10.9 Å². The molecule has 0 saturated carbocycles. The Bertz CT molecular complexity index is 523. The third kappa shape index (κ3) is 2.49. The number of nitrogens with two attached hydrogens (primary N) is 1. The molecule has 90 valence electrons. The van der Waals surface area contributed by atoms with E-state index in [4.69, 9.17) is 10.5 Å². The lowest BCUT2D eigenvalue weighted by atomic mass is 10.1. The molecular formula is C14H18N2O. The van der Waals surface area contributed by atoms with Crippen LogP contribution in [0.3, 0.4) is 0 Å². The van der Waals surface area contributed by atoms with Crippen molar-refractivity contribution in [3.8, 4) is 5.75 Å². The summed E-state index contributed by atoms with van der Waals surface area (Å²) in [5.74, 6) is 1.53. The number of rotatable bonds is 4. The van der Waals surface area contributed by atoms with Gasteiger partial charge >= 0.3 is 0 Å². The molecule has 3 nitrogen and oxygen atoms in total. The van der Waals surface area contributed by atoms with Crippen LogP contribution in [0.2, 0.25) is 0 Å². The first kappa shape index (κ1) is 11.7. The molecule has 17 heavy (non-hydrogen) atoms. The number of ether oxygens (including phenoxy) is 1. The highest BCUT2D eigenvalue weighted by Crippen LogP contribution is 2.23. The van der Waals surface area contributed by atoms with Crippen molar-refractivity contribution >= 4 is 16.7 Å². The van der Waals surface area contributed by atoms with E-state index in [9.17, 15) is 0 Å². The number of nitrogens with zero attached hydrogens (tertiary/aromatic N) is 1. The molecule has 0 spiro atoms. The molecule has 2 rings (SSSR count). The molecule has 1 heterocycles. The van der Waals surface area contributed by atoms with Gasteiger partial charge < -0.3 is 10.5 Å². The van der Waals surface area contributed by atoms with Gasteiger partial charge in [0.15, 0.2) is 0 Å². The van der Waals surface area contributed by atoms with E-state index in [1.807, 2.05) is 25.1 Å². The zero-order valence-electron chi connectivity index (χ0n) is 10.4. The maximum absolute atomic E-state index is 5.93. The quantitative estimate of drug-likeness (QED) is 0.877. The molecule has 0 bridgehead atoms. The summed E-state index contributed by atoms with van der Waals surface area (Å²) in [4.78, 5) is 4.42. The summed E-state index contributed by atoms with van der Waals surface area (Å²) >= 11 is 0. The molecule has 3 heteroatoms. The van der Waals surface area contributed by atoms with Gasteiger partial charge in [0, 0.05) is 5.39 Å². The lowest BCUT2D eigenvalue weighted by Crippen LogP contribution is -1.98. The molecule has 0 aliphatic heterocycles. The first-order valence-electron chi connectivity index (χ1n) is 6.06. The second-order valence-electron chi connectivity index (χ2n) is 4.07. The topological polar surface area (TPSA) is 48.1 Å². The van der Waals surface area contributed by atoms with Gasteiger partial charge in [0.25, 0.3) is 0 Å². The van der Waals surface area contributed by atoms with Crippen molar-refractivity contribution in [2.45, 2.75) is 26.7 Å². The SMILES string of the molecule is CCCc1cc2cc(OCC)ccc2nc1N. The predicted octanol–water partition coefficient (Wildman–Crippen LogP) is 3.17. The maximum atomic E-state index is 5.93. The average molecular weight is 230 g/mol. The van der Waals surface area contributed by atoms with Gasteiger partial charge in [0.1, 0.15) is 11.6 Å². The summed E-state index contributed by atoms with van der Waals surface area (Å²) in [5, 5.41) is 1.09. The van der Waals surface area contributed by atoms with E-state index in [2.05, 4.69) is 18.0 Å². The van der Waals surface area contributed by atoms with Crippen LogP contribution in [0, 0.1) is 0 Å². The standard InChI is InChI=1S/C14H18N2O/c1-3-5-10-8-11-9-12(17-4-2)6-7-13(11)16-14(10)15/h6-9H,3-5H2,1-2H3,(H2,15,16). The fourth-order valence-electron chi connectivity index (χ4n) is 1.94. The van der Waals surface area contributed by atoms with Crippen molar-refractivity contribution < 1.29 is 4.74 Å². The molecule has 0 amide bonds. The minimum Gasteiger partial charge on any atom is -0.494 e. The predicted molar refractivity (Wildman–Crippen MR) is 71.3 cm³/mol. The zero-order chi connectivity index (χ0) is 12.3. The molecule has 2 N–H and O–H groups in total. The van der Waals surface area contributed by atoms with Crippen molar-refractivity contribution in [1.82, 2.24) is 4.98 Å². The van der Waals surface area contributed by atoms with Gasteiger partial charge in [-0.1, -0.05) is 13.3 Å². The third-order valence-corrected chi connectivity index (χ3v) is 2.73. The first-order chi connectivity index (χ1) is 8.24. The summed E-state index contributed by atoms with van der Waals surface area (Å²) in [7, 11) is 0. The molecule has 0 atom stereocenters. The van der Waals surface area contributed by atoms with Crippen molar-refractivity contribution in [3.05, 3.63) is 29.8 Å². The molecule has 1 aromatic carbocycles. The normalized spacial score (nSPS) is 10.7. The molecule has 0 aliphatic rings. The number of anilines is 1. The number of aromatic nitrogens is 1. The van der Waals surface area contributed by atoms with Gasteiger partial charge in [-0.25, -0.2) is 4.98 Å². The lowest BCUT2D eigenvalue weighted by molar-refractivity contribution is 0.340. The maximum Gasteiger partial charge on any atom is 0.127 e. The van der Waals surface area contributed by atoms with Crippen LogP contribution < -0.4 is 10.5 Å². The van der Waals surface area contributed by atoms with Crippen LogP contribution in [0.4, 0.5) is 5.82 Å². The number of hydrogen-bond acceptors (Lipinski definition) is 3. The largest absolute Gasteiger partial charge is 0.494 e. The van der Waals surface area contributed by atoms with Crippen LogP contribution in [0.5, 0.6) is 5.75 Å². The average Bonchev–Trinajstić information content (AvgIpc) is 2.31. The van der Waals surface area contributed by atoms with E-state index < -0.39 is 0 Å². The number of nitrogen functional groups attached to an aromatic ring is 1. The highest BCUT2D eigenvalue weighted by atomic mass is 16.5. The summed E-state index contributed by atoms with van der Waals surface area (Å²) in [6, 6.07) is 8.01. The molecular weight excluding hydrogens is 212 g/mol. The number of benzene rings is 1. The molecule has 1 aromatic heterocycles. The van der Waals surface area contributed by atoms with E-state index in [0.29, 0.717) is 12.4 Å². The van der Waals surface area contributed by atoms with Gasteiger partial charge in [-0.15, -0.1) is 0 Å². The Kier molecular flexibility index (Phi) is 3.47. The number of pyridine rings is 1. The second kappa shape index (κ2) is 5.04. The fourth-order valence-corrected chi connectivity index (χ4v) is 1.94. The van der Waals surface area contributed by atoms with E-state index in [1.54, 1.807) is 0 Å². The second-order valence-corrected chi connectivity index (χ2v) is 4.07. The summed E-state index contributed by atoms with van der Waals surface area (Å²) in [5.41, 5.74) is 7.97. The number of fused-ring (bicyclic) bond motifs is 1. The van der Waals surface area contributed by atoms with E-state index in [0.717, 1.165) is 35.1 Å². The Balaban J connectivity index is 2.48. The number of hydrogen-bond donors (Lipinski definition) is 1. The van der Waals surface area contributed by atoms with Crippen molar-refractivity contribution in [2.75, 3.05) is 12.3 Å². The van der Waals surface area contributed by atoms with Crippen LogP contribution in [0.1, 0.15) is 25.8 Å². The Morgan fingerprint density at radius 3 is 2.76 bits per heavy atom. The van der Waals surface area contributed by atoms with Crippen LogP contribution in [-0.4, -0.2) is 11.6 Å². The van der Waals surface area contributed by atoms with Crippen molar-refractivity contribution in [2.24, 2.45) is 0 Å². The Labute approximate surface area is 102 Å². The monoisotopic (exact) mass is 230 g/mol. The van der Waals surface area contributed by atoms with E-state index in [1.165, 1.54) is 0 Å². The van der Waals surface area contributed by atoms with Gasteiger partial charge in [-0.3, -0.25) is 0 Å². The van der Waals surface area contributed by atoms with Crippen LogP contribution in [-0.2, 0) is 6.42 Å². The Hall–Kier alpha value is -1.77. The minimum absolute atomic E-state index is 0.642. The van der Waals surface area contributed by atoms with Crippen LogP contribution in [0.15, 0.2) is 24.3 Å². The van der Waals surface area contributed by atoms with Gasteiger partial charge in [-0.05, 0) is 43.2 Å². The first-order valence-corrected chi connectivity index (χ1v) is 6.06. The molecule has 0 fully saturated rings. The van der Waals surface area contributed by atoms with Gasteiger partial charge in [0.05, 0.1) is 12.1 Å². The molecule has 2 aromatic rings. The zero-order valence-corrected chi connectivity index (χ0v) is 10.4. The molecule has 0 radical (unpaired) electrons. The molecule has 0 saturated heterocycles. The summed E-state index contributed by atoms with van der Waals surface area (Å²) in [6.45, 7) is 4.80. The van der Waals surface area contributed by atoms with E-state index in [-0.39, 0.29) is 0 Å².